The van der Waals surface area contributed by atoms with Crippen LogP contribution in [-0.2, 0) is 38.3 Å². The standard InChI is InChI=1S/C50H94O12S/c1-3-5-7-9-11-13-15-17-19-21-22-23-24-25-27-29-31-33-35-37-39-46(52)60-44(43-59-50-48(54)49(62-63(55,56)57)47(53)45(41-51)61-50)42-58-40-38-36-34-32-30-28-26-20-18-16-14-12-10-8-6-4-2/h12,14,18,20,44-45,47-51,53-54H,3-11,13,15-17,19,21-43H2,1-2H3,(H,55,56,57)/b14-12-,20-18-. The number of hydrogen-bond donors (Lipinski definition) is 4. The number of hydrogen-bond acceptors (Lipinski definition) is 11. The zero-order chi connectivity index (χ0) is 46.1. The van der Waals surface area contributed by atoms with E-state index in [1.54, 1.807) is 0 Å². The molecule has 0 radical (unpaired) electrons. The third kappa shape index (κ3) is 35.4. The normalized spacial score (nSPS) is 20.0. The number of esters is 1. The van der Waals surface area contributed by atoms with E-state index < -0.39 is 59.8 Å². The number of allylic oxidation sites excluding steroid dienone is 4. The highest BCUT2D eigenvalue weighted by atomic mass is 32.3. The molecule has 1 saturated heterocycles. The van der Waals surface area contributed by atoms with Crippen molar-refractivity contribution in [1.29, 1.82) is 0 Å². The van der Waals surface area contributed by atoms with Crippen LogP contribution in [0.1, 0.15) is 226 Å². The summed E-state index contributed by atoms with van der Waals surface area (Å²) in [6.07, 6.45) is 39.2. The van der Waals surface area contributed by atoms with Crippen LogP contribution in [0.5, 0.6) is 0 Å². The minimum atomic E-state index is -5.06. The third-order valence-electron chi connectivity index (χ3n) is 11.8. The van der Waals surface area contributed by atoms with E-state index in [1.165, 1.54) is 141 Å². The van der Waals surface area contributed by atoms with Crippen LogP contribution in [0.4, 0.5) is 0 Å². The maximum absolute atomic E-state index is 12.9. The van der Waals surface area contributed by atoms with Gasteiger partial charge in [-0.05, 0) is 44.9 Å². The topological polar surface area (TPSA) is 178 Å². The van der Waals surface area contributed by atoms with Crippen molar-refractivity contribution < 1.29 is 56.2 Å². The summed E-state index contributed by atoms with van der Waals surface area (Å²) in [5.41, 5.74) is 0. The highest BCUT2D eigenvalue weighted by Gasteiger charge is 2.48. The van der Waals surface area contributed by atoms with E-state index in [0.717, 1.165) is 57.8 Å². The number of aliphatic hydroxyl groups excluding tert-OH is 3. The first kappa shape index (κ1) is 59.6. The number of carbonyl (C=O) groups is 1. The highest BCUT2D eigenvalue weighted by molar-refractivity contribution is 7.80. The molecule has 0 saturated carbocycles. The molecule has 12 nitrogen and oxygen atoms in total. The lowest BCUT2D eigenvalue weighted by Crippen LogP contribution is -2.60. The second kappa shape index (κ2) is 42.0. The number of ether oxygens (including phenoxy) is 4. The average molecular weight is 919 g/mol. The molecule has 6 unspecified atom stereocenters. The molecule has 372 valence electrons. The maximum atomic E-state index is 12.9. The Labute approximate surface area is 384 Å². The van der Waals surface area contributed by atoms with Gasteiger partial charge in [0.05, 0.1) is 19.8 Å². The molecule has 1 fully saturated rings. The Bertz CT molecular complexity index is 1200. The summed E-state index contributed by atoms with van der Waals surface area (Å²) >= 11 is 0. The Morgan fingerprint density at radius 2 is 1.05 bits per heavy atom. The molecular weight excluding hydrogens is 825 g/mol. The fourth-order valence-corrected chi connectivity index (χ4v) is 8.45. The smallest absolute Gasteiger partial charge is 0.397 e. The minimum Gasteiger partial charge on any atom is -0.457 e. The van der Waals surface area contributed by atoms with Crippen LogP contribution in [0.3, 0.4) is 0 Å². The Kier molecular flexibility index (Phi) is 39.7. The third-order valence-corrected chi connectivity index (χ3v) is 12.3. The summed E-state index contributed by atoms with van der Waals surface area (Å²) in [5.74, 6) is -0.398. The van der Waals surface area contributed by atoms with Gasteiger partial charge in [-0.1, -0.05) is 199 Å². The lowest BCUT2D eigenvalue weighted by Gasteiger charge is -2.41. The molecule has 6 atom stereocenters. The summed E-state index contributed by atoms with van der Waals surface area (Å²) in [7, 11) is -5.06. The quantitative estimate of drug-likeness (QED) is 0.0197. The maximum Gasteiger partial charge on any atom is 0.397 e. The summed E-state index contributed by atoms with van der Waals surface area (Å²) in [4.78, 5) is 12.9. The van der Waals surface area contributed by atoms with Crippen LogP contribution in [0.15, 0.2) is 24.3 Å². The molecule has 4 N–H and O–H groups in total. The van der Waals surface area contributed by atoms with Crippen LogP contribution < -0.4 is 0 Å². The molecule has 1 aliphatic rings. The first-order valence-electron chi connectivity index (χ1n) is 25.6. The zero-order valence-corrected chi connectivity index (χ0v) is 40.7. The Balaban J connectivity index is 2.36. The molecule has 0 amide bonds. The molecule has 0 aromatic heterocycles. The summed E-state index contributed by atoms with van der Waals surface area (Å²) in [6, 6.07) is 0. The molecule has 0 aliphatic carbocycles. The van der Waals surface area contributed by atoms with E-state index in [-0.39, 0.29) is 19.6 Å². The van der Waals surface area contributed by atoms with E-state index in [1.807, 2.05) is 0 Å². The highest BCUT2D eigenvalue weighted by Crippen LogP contribution is 2.26. The van der Waals surface area contributed by atoms with Crippen molar-refractivity contribution in [2.45, 2.75) is 263 Å². The van der Waals surface area contributed by atoms with Crippen molar-refractivity contribution in [3.8, 4) is 0 Å². The van der Waals surface area contributed by atoms with Crippen LogP contribution in [0, 0.1) is 0 Å². The molecule has 1 aliphatic heterocycles. The largest absolute Gasteiger partial charge is 0.457 e. The van der Waals surface area contributed by atoms with E-state index in [0.29, 0.717) is 13.0 Å². The monoisotopic (exact) mass is 919 g/mol. The number of aliphatic hydroxyl groups is 3. The first-order chi connectivity index (χ1) is 30.6. The average Bonchev–Trinajstić information content (AvgIpc) is 3.26. The Hall–Kier alpha value is -1.42. The molecule has 63 heavy (non-hydrogen) atoms. The molecular formula is C50H94O12S. The van der Waals surface area contributed by atoms with E-state index in [9.17, 15) is 33.1 Å². The molecule has 1 heterocycles. The van der Waals surface area contributed by atoms with Gasteiger partial charge in [0.25, 0.3) is 0 Å². The van der Waals surface area contributed by atoms with Gasteiger partial charge in [-0.2, -0.15) is 8.42 Å². The van der Waals surface area contributed by atoms with Gasteiger partial charge in [0.1, 0.15) is 30.5 Å². The van der Waals surface area contributed by atoms with E-state index in [2.05, 4.69) is 42.3 Å². The van der Waals surface area contributed by atoms with Crippen molar-refractivity contribution in [2.75, 3.05) is 26.4 Å². The van der Waals surface area contributed by atoms with Gasteiger partial charge in [-0.15, -0.1) is 0 Å². The second-order valence-electron chi connectivity index (χ2n) is 17.8. The molecule has 0 bridgehead atoms. The lowest BCUT2D eigenvalue weighted by atomic mass is 9.99. The minimum absolute atomic E-state index is 0.0328. The first-order valence-corrected chi connectivity index (χ1v) is 27.0. The zero-order valence-electron chi connectivity index (χ0n) is 39.9. The van der Waals surface area contributed by atoms with Crippen molar-refractivity contribution >= 4 is 16.4 Å². The van der Waals surface area contributed by atoms with E-state index >= 15 is 0 Å². The summed E-state index contributed by atoms with van der Waals surface area (Å²) < 4.78 is 59.2. The number of rotatable bonds is 45. The molecule has 0 spiro atoms. The van der Waals surface area contributed by atoms with Crippen LogP contribution in [-0.4, -0.2) is 97.5 Å². The van der Waals surface area contributed by atoms with Crippen molar-refractivity contribution in [2.24, 2.45) is 0 Å². The molecule has 1 rings (SSSR count). The van der Waals surface area contributed by atoms with Gasteiger partial charge in [-0.25, -0.2) is 4.18 Å². The predicted octanol–water partition coefficient (Wildman–Crippen LogP) is 11.6. The fraction of sp³-hybridized carbons (Fsp3) is 0.900. The van der Waals surface area contributed by atoms with Crippen molar-refractivity contribution in [3.05, 3.63) is 24.3 Å². The fourth-order valence-electron chi connectivity index (χ4n) is 7.94. The van der Waals surface area contributed by atoms with E-state index in [4.69, 9.17) is 18.9 Å². The molecule has 0 aromatic rings. The van der Waals surface area contributed by atoms with Gasteiger partial charge in [0.2, 0.25) is 0 Å². The van der Waals surface area contributed by atoms with Gasteiger partial charge >= 0.3 is 16.4 Å². The lowest BCUT2D eigenvalue weighted by molar-refractivity contribution is -0.301. The van der Waals surface area contributed by atoms with Crippen LogP contribution in [0.25, 0.3) is 0 Å². The SMILES string of the molecule is CCCCC/C=C\C/C=C\CCCCCCCCOCC(COC1OC(CO)C(O)C(OS(=O)(=O)O)C1O)OC(=O)CCCCCCCCCCCCCCCCCCCCCC. The summed E-state index contributed by atoms with van der Waals surface area (Å²) in [5, 5.41) is 30.7. The number of carbonyl (C=O) groups excluding carboxylic acids is 1. The predicted molar refractivity (Wildman–Crippen MR) is 253 cm³/mol. The van der Waals surface area contributed by atoms with Crippen molar-refractivity contribution in [1.82, 2.24) is 0 Å². The Morgan fingerprint density at radius 3 is 1.54 bits per heavy atom. The van der Waals surface area contributed by atoms with Gasteiger partial charge in [-0.3, -0.25) is 9.35 Å². The van der Waals surface area contributed by atoms with Crippen molar-refractivity contribution in [3.63, 3.8) is 0 Å². The van der Waals surface area contributed by atoms with Gasteiger partial charge < -0.3 is 34.3 Å². The summed E-state index contributed by atoms with van der Waals surface area (Å²) in [6.45, 7) is 3.98. The Morgan fingerprint density at radius 1 is 0.603 bits per heavy atom. The molecule has 13 heteroatoms. The number of unbranched alkanes of at least 4 members (excludes halogenated alkanes) is 28. The van der Waals surface area contributed by atoms with Gasteiger partial charge in [0, 0.05) is 13.0 Å². The second-order valence-corrected chi connectivity index (χ2v) is 18.8. The van der Waals surface area contributed by atoms with Gasteiger partial charge in [0.15, 0.2) is 6.29 Å². The molecule has 0 aromatic carbocycles. The van der Waals surface area contributed by atoms with Crippen LogP contribution in [0.2, 0.25) is 0 Å². The van der Waals surface area contributed by atoms with Crippen LogP contribution >= 0.6 is 0 Å².